The normalized spacial score (nSPS) is 12.4. The highest BCUT2D eigenvalue weighted by Gasteiger charge is 2.22. The average molecular weight is 496 g/mol. The Labute approximate surface area is 204 Å². The van der Waals surface area contributed by atoms with Crippen LogP contribution in [0.15, 0.2) is 69.6 Å². The number of nitrogens with zero attached hydrogens (tertiary/aromatic N) is 3. The van der Waals surface area contributed by atoms with Crippen LogP contribution in [0.3, 0.4) is 0 Å². The fourth-order valence-corrected chi connectivity index (χ4v) is 4.81. The van der Waals surface area contributed by atoms with E-state index < -0.39 is 0 Å². The van der Waals surface area contributed by atoms with Crippen molar-refractivity contribution in [2.24, 2.45) is 0 Å². The van der Waals surface area contributed by atoms with Crippen LogP contribution < -0.4 is 19.1 Å². The number of para-hydroxylation sites is 1. The average Bonchev–Trinajstić information content (AvgIpc) is 3.58. The molecule has 3 heterocycles. The summed E-state index contributed by atoms with van der Waals surface area (Å²) in [5.74, 6) is 2.34. The summed E-state index contributed by atoms with van der Waals surface area (Å²) in [6.07, 6.45) is 0. The Kier molecular flexibility index (Phi) is 6.68. The Hall–Kier alpha value is -3.50. The molecule has 5 rings (SSSR count). The van der Waals surface area contributed by atoms with Gasteiger partial charge in [0.05, 0.1) is 25.0 Å². The summed E-state index contributed by atoms with van der Waals surface area (Å²) in [7, 11) is 1.59. The molecule has 2 aromatic carbocycles. The third-order valence-corrected chi connectivity index (χ3v) is 6.76. The first-order valence-electron chi connectivity index (χ1n) is 10.5. The molecule has 0 spiro atoms. The molecule has 1 aliphatic heterocycles. The first kappa shape index (κ1) is 22.3. The highest BCUT2D eigenvalue weighted by atomic mass is 32.2. The van der Waals surface area contributed by atoms with Crippen LogP contribution in [0.4, 0.5) is 5.69 Å². The van der Waals surface area contributed by atoms with E-state index in [0.29, 0.717) is 53.7 Å². The highest BCUT2D eigenvalue weighted by Crippen LogP contribution is 2.35. The summed E-state index contributed by atoms with van der Waals surface area (Å²) < 4.78 is 22.5. The second-order valence-corrected chi connectivity index (χ2v) is 9.21. The predicted molar refractivity (Wildman–Crippen MR) is 130 cm³/mol. The van der Waals surface area contributed by atoms with Crippen molar-refractivity contribution in [2.75, 3.05) is 31.0 Å². The summed E-state index contributed by atoms with van der Waals surface area (Å²) >= 11 is 2.80. The maximum absolute atomic E-state index is 13.3. The summed E-state index contributed by atoms with van der Waals surface area (Å²) in [5, 5.41) is 10.5. The van der Waals surface area contributed by atoms with E-state index in [1.807, 2.05) is 60.0 Å². The third-order valence-electron chi connectivity index (χ3n) is 5.10. The maximum Gasteiger partial charge on any atom is 0.277 e. The van der Waals surface area contributed by atoms with Crippen molar-refractivity contribution >= 4 is 34.7 Å². The standard InChI is InChI=1S/C24H21N3O5S2/c1-29-19-7-3-2-6-18(19)23-25-26-24(32-23)34-15-22(28)27(14-17-5-4-12-33-17)16-8-9-20-21(13-16)31-11-10-30-20/h2-9,12-13H,10-11,14-15H2,1H3. The van der Waals surface area contributed by atoms with Crippen molar-refractivity contribution in [2.45, 2.75) is 11.8 Å². The summed E-state index contributed by atoms with van der Waals surface area (Å²) in [4.78, 5) is 16.1. The molecule has 8 nitrogen and oxygen atoms in total. The number of thioether (sulfide) groups is 1. The summed E-state index contributed by atoms with van der Waals surface area (Å²) in [6, 6.07) is 16.9. The lowest BCUT2D eigenvalue weighted by Gasteiger charge is -2.25. The SMILES string of the molecule is COc1ccccc1-c1nnc(SCC(=O)N(Cc2cccs2)c2ccc3c(c2)OCCO3)o1. The molecular formula is C24H21N3O5S2. The van der Waals surface area contributed by atoms with Crippen LogP contribution >= 0.6 is 23.1 Å². The van der Waals surface area contributed by atoms with E-state index in [4.69, 9.17) is 18.6 Å². The number of carbonyl (C=O) groups is 1. The zero-order chi connectivity index (χ0) is 23.3. The third kappa shape index (κ3) is 4.87. The minimum atomic E-state index is -0.0906. The van der Waals surface area contributed by atoms with Crippen molar-refractivity contribution in [3.63, 3.8) is 0 Å². The van der Waals surface area contributed by atoms with E-state index in [9.17, 15) is 4.79 Å². The van der Waals surface area contributed by atoms with Gasteiger partial charge in [-0.3, -0.25) is 4.79 Å². The molecule has 0 radical (unpaired) electrons. The van der Waals surface area contributed by atoms with Gasteiger partial charge >= 0.3 is 0 Å². The Bertz CT molecular complexity index is 1280. The first-order valence-corrected chi connectivity index (χ1v) is 12.4. The Balaban J connectivity index is 1.33. The number of aromatic nitrogens is 2. The van der Waals surface area contributed by atoms with Crippen LogP contribution in [0.2, 0.25) is 0 Å². The number of rotatable bonds is 8. The second kappa shape index (κ2) is 10.2. The molecule has 4 aromatic rings. The predicted octanol–water partition coefficient (Wildman–Crippen LogP) is 4.90. The first-order chi connectivity index (χ1) is 16.7. The van der Waals surface area contributed by atoms with Gasteiger partial charge < -0.3 is 23.5 Å². The molecule has 0 unspecified atom stereocenters. The van der Waals surface area contributed by atoms with Gasteiger partial charge in [-0.1, -0.05) is 30.0 Å². The van der Waals surface area contributed by atoms with Gasteiger partial charge in [0.25, 0.3) is 11.1 Å². The lowest BCUT2D eigenvalue weighted by Crippen LogP contribution is -2.31. The fraction of sp³-hybridized carbons (Fsp3) is 0.208. The number of hydrogen-bond acceptors (Lipinski definition) is 9. The number of carbonyl (C=O) groups excluding carboxylic acids is 1. The van der Waals surface area contributed by atoms with Crippen LogP contribution in [0.5, 0.6) is 17.2 Å². The Morgan fingerprint density at radius 1 is 1.09 bits per heavy atom. The van der Waals surface area contributed by atoms with Crippen LogP contribution in [0.1, 0.15) is 4.88 Å². The van der Waals surface area contributed by atoms with E-state index in [2.05, 4.69) is 10.2 Å². The van der Waals surface area contributed by atoms with E-state index >= 15 is 0 Å². The van der Waals surface area contributed by atoms with Crippen molar-refractivity contribution in [1.29, 1.82) is 0 Å². The van der Waals surface area contributed by atoms with Crippen molar-refractivity contribution in [1.82, 2.24) is 10.2 Å². The van der Waals surface area contributed by atoms with Crippen LogP contribution in [-0.2, 0) is 11.3 Å². The zero-order valence-corrected chi connectivity index (χ0v) is 19.9. The van der Waals surface area contributed by atoms with Crippen molar-refractivity contribution < 1.29 is 23.4 Å². The van der Waals surface area contributed by atoms with Gasteiger partial charge in [-0.05, 0) is 35.7 Å². The Morgan fingerprint density at radius 2 is 1.94 bits per heavy atom. The van der Waals surface area contributed by atoms with Gasteiger partial charge in [0.2, 0.25) is 5.91 Å². The number of benzene rings is 2. The molecule has 0 N–H and O–H groups in total. The summed E-state index contributed by atoms with van der Waals surface area (Å²) in [6.45, 7) is 1.45. The van der Waals surface area contributed by atoms with E-state index in [1.165, 1.54) is 11.8 Å². The van der Waals surface area contributed by atoms with Gasteiger partial charge in [0.15, 0.2) is 11.5 Å². The largest absolute Gasteiger partial charge is 0.496 e. The number of fused-ring (bicyclic) bond motifs is 1. The van der Waals surface area contributed by atoms with Crippen molar-refractivity contribution in [3.8, 4) is 28.7 Å². The summed E-state index contributed by atoms with van der Waals surface area (Å²) in [5.41, 5.74) is 1.44. The van der Waals surface area contributed by atoms with E-state index in [-0.39, 0.29) is 11.7 Å². The number of amides is 1. The van der Waals surface area contributed by atoms with Gasteiger partial charge in [0.1, 0.15) is 19.0 Å². The maximum atomic E-state index is 13.3. The molecule has 34 heavy (non-hydrogen) atoms. The molecule has 0 saturated carbocycles. The Morgan fingerprint density at radius 3 is 2.76 bits per heavy atom. The molecule has 0 fully saturated rings. The van der Waals surface area contributed by atoms with Gasteiger partial charge in [-0.25, -0.2) is 0 Å². The quantitative estimate of drug-likeness (QED) is 0.319. The molecule has 0 bridgehead atoms. The minimum Gasteiger partial charge on any atom is -0.496 e. The van der Waals surface area contributed by atoms with Gasteiger partial charge in [0, 0.05) is 16.6 Å². The fourth-order valence-electron chi connectivity index (χ4n) is 3.48. The smallest absolute Gasteiger partial charge is 0.277 e. The number of thiophene rings is 1. The molecule has 1 amide bonds. The number of methoxy groups -OCH3 is 1. The monoisotopic (exact) mass is 495 g/mol. The lowest BCUT2D eigenvalue weighted by atomic mass is 10.2. The van der Waals surface area contributed by atoms with Gasteiger partial charge in [-0.15, -0.1) is 21.5 Å². The van der Waals surface area contributed by atoms with Crippen LogP contribution in [0, 0.1) is 0 Å². The minimum absolute atomic E-state index is 0.0906. The lowest BCUT2D eigenvalue weighted by molar-refractivity contribution is -0.116. The van der Waals surface area contributed by atoms with E-state index in [1.54, 1.807) is 23.3 Å². The molecular weight excluding hydrogens is 474 g/mol. The zero-order valence-electron chi connectivity index (χ0n) is 18.3. The van der Waals surface area contributed by atoms with E-state index in [0.717, 1.165) is 10.6 Å². The topological polar surface area (TPSA) is 86.9 Å². The highest BCUT2D eigenvalue weighted by molar-refractivity contribution is 7.99. The molecule has 0 aliphatic carbocycles. The van der Waals surface area contributed by atoms with Crippen molar-refractivity contribution in [3.05, 3.63) is 64.9 Å². The second-order valence-electron chi connectivity index (χ2n) is 7.25. The van der Waals surface area contributed by atoms with Crippen LogP contribution in [0.25, 0.3) is 11.5 Å². The number of ether oxygens (including phenoxy) is 3. The molecule has 174 valence electrons. The van der Waals surface area contributed by atoms with Crippen LogP contribution in [-0.4, -0.2) is 42.2 Å². The van der Waals surface area contributed by atoms with Gasteiger partial charge in [-0.2, -0.15) is 0 Å². The molecule has 2 aromatic heterocycles. The number of hydrogen-bond donors (Lipinski definition) is 0. The molecule has 0 saturated heterocycles. The molecule has 0 atom stereocenters. The molecule has 10 heteroatoms. The molecule has 1 aliphatic rings. The number of anilines is 1.